The summed E-state index contributed by atoms with van der Waals surface area (Å²) in [5.74, 6) is 0.298. The maximum atomic E-state index is 13.0. The average molecular weight is 426 g/mol. The van der Waals surface area contributed by atoms with Crippen LogP contribution in [0.5, 0.6) is 0 Å². The molecule has 1 saturated heterocycles. The number of fused-ring (bicyclic) bond motifs is 1. The molecule has 7 heteroatoms. The van der Waals surface area contributed by atoms with Crippen molar-refractivity contribution in [3.05, 3.63) is 57.6 Å². The van der Waals surface area contributed by atoms with Gasteiger partial charge in [0.05, 0.1) is 22.8 Å². The maximum Gasteiger partial charge on any atom is 0.262 e. The summed E-state index contributed by atoms with van der Waals surface area (Å²) in [6.07, 6.45) is 2.40. The lowest BCUT2D eigenvalue weighted by Crippen LogP contribution is -2.23. The maximum absolute atomic E-state index is 13.0. The molecule has 0 amide bonds. The van der Waals surface area contributed by atoms with Crippen LogP contribution in [0.2, 0.25) is 0 Å². The van der Waals surface area contributed by atoms with Crippen LogP contribution in [0.15, 0.2) is 40.3 Å². The molecule has 0 aliphatic carbocycles. The van der Waals surface area contributed by atoms with E-state index in [4.69, 9.17) is 4.74 Å². The van der Waals surface area contributed by atoms with Crippen molar-refractivity contribution in [1.29, 1.82) is 0 Å². The topological polar surface area (TPSA) is 66.1 Å². The molecule has 0 saturated carbocycles. The fourth-order valence-electron chi connectivity index (χ4n) is 4.10. The zero-order valence-electron chi connectivity index (χ0n) is 17.7. The SMILES string of the molecule is CCn1c(SCC(=O)c2cc(C)n(C[C@H]3CCCO3)c2C)nc2ccccc2c1=O. The molecule has 1 aromatic carbocycles. The summed E-state index contributed by atoms with van der Waals surface area (Å²) in [4.78, 5) is 30.4. The van der Waals surface area contributed by atoms with Gasteiger partial charge in [0.1, 0.15) is 0 Å². The Hall–Kier alpha value is -2.38. The number of aryl methyl sites for hydroxylation is 1. The van der Waals surface area contributed by atoms with Gasteiger partial charge in [-0.25, -0.2) is 4.98 Å². The summed E-state index contributed by atoms with van der Waals surface area (Å²) in [5.41, 5.74) is 3.40. The van der Waals surface area contributed by atoms with E-state index in [0.717, 1.165) is 42.9 Å². The molecule has 30 heavy (non-hydrogen) atoms. The van der Waals surface area contributed by atoms with Gasteiger partial charge in [0.25, 0.3) is 5.56 Å². The third kappa shape index (κ3) is 3.96. The number of rotatable bonds is 7. The minimum atomic E-state index is -0.0622. The average Bonchev–Trinajstić information content (AvgIpc) is 3.36. The van der Waals surface area contributed by atoms with Crippen LogP contribution >= 0.6 is 11.8 Å². The Balaban J connectivity index is 1.55. The monoisotopic (exact) mass is 425 g/mol. The summed E-state index contributed by atoms with van der Waals surface area (Å²) in [6, 6.07) is 9.30. The Morgan fingerprint density at radius 2 is 2.07 bits per heavy atom. The first kappa shape index (κ1) is 20.9. The van der Waals surface area contributed by atoms with E-state index in [9.17, 15) is 9.59 Å². The van der Waals surface area contributed by atoms with Crippen LogP contribution in [-0.2, 0) is 17.8 Å². The number of carbonyl (C=O) groups is 1. The Morgan fingerprint density at radius 3 is 2.80 bits per heavy atom. The van der Waals surface area contributed by atoms with E-state index in [0.29, 0.717) is 22.6 Å². The molecule has 0 bridgehead atoms. The highest BCUT2D eigenvalue weighted by molar-refractivity contribution is 7.99. The van der Waals surface area contributed by atoms with E-state index in [1.54, 1.807) is 10.6 Å². The van der Waals surface area contributed by atoms with Gasteiger partial charge < -0.3 is 9.30 Å². The molecule has 0 spiro atoms. The quantitative estimate of drug-likeness (QED) is 0.325. The highest BCUT2D eigenvalue weighted by atomic mass is 32.2. The number of Topliss-reactive ketones (excluding diaryl/α,β-unsaturated/α-hetero) is 1. The number of ketones is 1. The van der Waals surface area contributed by atoms with Crippen molar-refractivity contribution in [2.24, 2.45) is 0 Å². The number of benzene rings is 1. The minimum absolute atomic E-state index is 0.0525. The molecule has 0 unspecified atom stereocenters. The zero-order valence-corrected chi connectivity index (χ0v) is 18.5. The molecule has 3 heterocycles. The van der Waals surface area contributed by atoms with Crippen LogP contribution in [0, 0.1) is 13.8 Å². The minimum Gasteiger partial charge on any atom is -0.376 e. The van der Waals surface area contributed by atoms with Gasteiger partial charge in [0.15, 0.2) is 10.9 Å². The fourth-order valence-corrected chi connectivity index (χ4v) is 5.05. The number of aromatic nitrogens is 3. The Labute approximate surface area is 180 Å². The normalized spacial score (nSPS) is 16.4. The third-order valence-electron chi connectivity index (χ3n) is 5.76. The van der Waals surface area contributed by atoms with Crippen molar-refractivity contribution in [2.45, 2.75) is 58.0 Å². The van der Waals surface area contributed by atoms with Gasteiger partial charge in [-0.05, 0) is 51.8 Å². The summed E-state index contributed by atoms with van der Waals surface area (Å²) in [7, 11) is 0. The summed E-state index contributed by atoms with van der Waals surface area (Å²) >= 11 is 1.33. The molecule has 4 rings (SSSR count). The van der Waals surface area contributed by atoms with Gasteiger partial charge in [0.2, 0.25) is 0 Å². The van der Waals surface area contributed by atoms with E-state index in [2.05, 4.69) is 9.55 Å². The number of carbonyl (C=O) groups excluding carboxylic acids is 1. The van der Waals surface area contributed by atoms with Crippen molar-refractivity contribution in [2.75, 3.05) is 12.4 Å². The molecule has 0 radical (unpaired) electrons. The first-order chi connectivity index (χ1) is 14.5. The van der Waals surface area contributed by atoms with Crippen LogP contribution in [0.1, 0.15) is 41.5 Å². The molecule has 158 valence electrons. The molecular weight excluding hydrogens is 398 g/mol. The smallest absolute Gasteiger partial charge is 0.262 e. The van der Waals surface area contributed by atoms with Gasteiger partial charge in [-0.1, -0.05) is 23.9 Å². The molecule has 1 atom stereocenters. The molecule has 2 aromatic heterocycles. The summed E-state index contributed by atoms with van der Waals surface area (Å²) in [5, 5.41) is 1.19. The summed E-state index contributed by atoms with van der Waals surface area (Å²) < 4.78 is 9.59. The standard InChI is InChI=1S/C23H27N3O3S/c1-4-25-22(28)18-9-5-6-10-20(18)24-23(25)30-14-21(27)19-12-15(2)26(16(19)3)13-17-8-7-11-29-17/h5-6,9-10,12,17H,4,7-8,11,13-14H2,1-3H3/t17-/m1/s1. The van der Waals surface area contributed by atoms with Gasteiger partial charge in [-0.15, -0.1) is 0 Å². The van der Waals surface area contributed by atoms with Gasteiger partial charge >= 0.3 is 0 Å². The second-order valence-electron chi connectivity index (χ2n) is 7.70. The van der Waals surface area contributed by atoms with E-state index in [1.165, 1.54) is 11.8 Å². The number of hydrogen-bond acceptors (Lipinski definition) is 5. The first-order valence-electron chi connectivity index (χ1n) is 10.4. The first-order valence-corrected chi connectivity index (χ1v) is 11.4. The zero-order chi connectivity index (χ0) is 21.3. The lowest BCUT2D eigenvalue weighted by molar-refractivity contribution is 0.0957. The predicted octanol–water partition coefficient (Wildman–Crippen LogP) is 3.99. The second kappa shape index (κ2) is 8.78. The lowest BCUT2D eigenvalue weighted by Gasteiger charge is -2.15. The number of thioether (sulfide) groups is 1. The lowest BCUT2D eigenvalue weighted by atomic mass is 10.2. The van der Waals surface area contributed by atoms with Crippen LogP contribution in [-0.4, -0.2) is 38.4 Å². The number of hydrogen-bond donors (Lipinski definition) is 0. The van der Waals surface area contributed by atoms with Crippen molar-refractivity contribution in [3.63, 3.8) is 0 Å². The van der Waals surface area contributed by atoms with E-state index < -0.39 is 0 Å². The number of nitrogens with zero attached hydrogens (tertiary/aromatic N) is 3. The molecule has 0 N–H and O–H groups in total. The molecule has 6 nitrogen and oxygen atoms in total. The van der Waals surface area contributed by atoms with Crippen molar-refractivity contribution in [3.8, 4) is 0 Å². The highest BCUT2D eigenvalue weighted by Gasteiger charge is 2.21. The van der Waals surface area contributed by atoms with Crippen LogP contribution in [0.25, 0.3) is 10.9 Å². The van der Waals surface area contributed by atoms with Crippen LogP contribution in [0.4, 0.5) is 0 Å². The second-order valence-corrected chi connectivity index (χ2v) is 8.65. The molecule has 1 aliphatic heterocycles. The fraction of sp³-hybridized carbons (Fsp3) is 0.435. The summed E-state index contributed by atoms with van der Waals surface area (Å²) in [6.45, 7) is 8.08. The Kier molecular flexibility index (Phi) is 6.11. The Morgan fingerprint density at radius 1 is 1.27 bits per heavy atom. The van der Waals surface area contributed by atoms with Gasteiger partial charge in [0, 0.05) is 36.6 Å². The van der Waals surface area contributed by atoms with Crippen molar-refractivity contribution in [1.82, 2.24) is 14.1 Å². The molecular formula is C23H27N3O3S. The Bertz CT molecular complexity index is 1140. The van der Waals surface area contributed by atoms with Crippen LogP contribution in [0.3, 0.4) is 0 Å². The molecule has 1 aliphatic rings. The van der Waals surface area contributed by atoms with Crippen LogP contribution < -0.4 is 5.56 Å². The van der Waals surface area contributed by atoms with Gasteiger partial charge in [-0.2, -0.15) is 0 Å². The van der Waals surface area contributed by atoms with E-state index in [1.807, 2.05) is 45.0 Å². The number of ether oxygens (including phenoxy) is 1. The largest absolute Gasteiger partial charge is 0.376 e. The van der Waals surface area contributed by atoms with Gasteiger partial charge in [-0.3, -0.25) is 14.2 Å². The number of para-hydroxylation sites is 1. The molecule has 3 aromatic rings. The van der Waals surface area contributed by atoms with Crippen molar-refractivity contribution < 1.29 is 9.53 Å². The highest BCUT2D eigenvalue weighted by Crippen LogP contribution is 2.24. The third-order valence-corrected chi connectivity index (χ3v) is 6.74. The van der Waals surface area contributed by atoms with E-state index >= 15 is 0 Å². The molecule has 1 fully saturated rings. The predicted molar refractivity (Wildman–Crippen MR) is 120 cm³/mol. The van der Waals surface area contributed by atoms with Crippen molar-refractivity contribution >= 4 is 28.4 Å². The van der Waals surface area contributed by atoms with E-state index in [-0.39, 0.29) is 23.2 Å².